The maximum Gasteiger partial charge on any atom is 0.283 e. The van der Waals surface area contributed by atoms with Gasteiger partial charge in [0, 0.05) is 5.70 Å². The number of amidine groups is 2. The number of fused-ring (bicyclic) bond motifs is 1. The molecule has 29 heavy (non-hydrogen) atoms. The number of carbonyl (C=O) groups excluding carboxylic acids is 1. The Morgan fingerprint density at radius 2 is 2.07 bits per heavy atom. The van der Waals surface area contributed by atoms with Crippen LogP contribution in [0.4, 0.5) is 0 Å². The number of aliphatic imine (C=N–C) groups is 1. The van der Waals surface area contributed by atoms with Crippen molar-refractivity contribution in [2.45, 2.75) is 20.5 Å². The van der Waals surface area contributed by atoms with E-state index in [4.69, 9.17) is 21.7 Å². The summed E-state index contributed by atoms with van der Waals surface area (Å²) in [5.74, 6) is 0.262. The zero-order valence-corrected chi connectivity index (χ0v) is 17.5. The number of aryl methyl sites for hydroxylation is 1. The number of hydrogen-bond donors (Lipinski definition) is 1. The zero-order chi connectivity index (χ0) is 20.5. The van der Waals surface area contributed by atoms with Crippen LogP contribution in [0.15, 0.2) is 64.1 Å². The van der Waals surface area contributed by atoms with Crippen LogP contribution >= 0.6 is 23.4 Å². The average Bonchev–Trinajstić information content (AvgIpc) is 3.05. The van der Waals surface area contributed by atoms with Crippen LogP contribution in [0.5, 0.6) is 5.75 Å². The zero-order valence-electron chi connectivity index (χ0n) is 15.9. The molecule has 0 aliphatic carbocycles. The lowest BCUT2D eigenvalue weighted by Gasteiger charge is -2.25. The summed E-state index contributed by atoms with van der Waals surface area (Å²) in [6, 6.07) is 13.4. The summed E-state index contributed by atoms with van der Waals surface area (Å²) in [7, 11) is 0. The lowest BCUT2D eigenvalue weighted by molar-refractivity contribution is -0.114. The summed E-state index contributed by atoms with van der Waals surface area (Å²) in [5.41, 5.74) is 4.04. The van der Waals surface area contributed by atoms with E-state index in [0.29, 0.717) is 28.1 Å². The van der Waals surface area contributed by atoms with Crippen molar-refractivity contribution in [3.05, 3.63) is 80.9 Å². The summed E-state index contributed by atoms with van der Waals surface area (Å²) in [6.45, 7) is 4.34. The van der Waals surface area contributed by atoms with Crippen LogP contribution in [-0.4, -0.2) is 21.8 Å². The maximum atomic E-state index is 12.4. The summed E-state index contributed by atoms with van der Waals surface area (Å²) >= 11 is 7.73. The number of carbonyl (C=O) groups is 1. The monoisotopic (exact) mass is 423 g/mol. The predicted molar refractivity (Wildman–Crippen MR) is 118 cm³/mol. The van der Waals surface area contributed by atoms with Crippen LogP contribution in [0.1, 0.15) is 23.6 Å². The Hall–Kier alpha value is -2.83. The molecule has 2 heterocycles. The van der Waals surface area contributed by atoms with Gasteiger partial charge in [0.15, 0.2) is 5.17 Å². The van der Waals surface area contributed by atoms with Gasteiger partial charge in [-0.15, -0.1) is 0 Å². The molecule has 0 spiro atoms. The molecule has 2 aliphatic heterocycles. The Morgan fingerprint density at radius 3 is 2.83 bits per heavy atom. The van der Waals surface area contributed by atoms with Crippen LogP contribution in [-0.2, 0) is 11.4 Å². The molecular formula is C22H18ClN3O2S. The quantitative estimate of drug-likeness (QED) is 0.669. The highest BCUT2D eigenvalue weighted by molar-refractivity contribution is 8.16. The lowest BCUT2D eigenvalue weighted by Crippen LogP contribution is -2.37. The number of ether oxygens (including phenoxy) is 1. The second kappa shape index (κ2) is 7.89. The van der Waals surface area contributed by atoms with Crippen molar-refractivity contribution in [3.63, 3.8) is 0 Å². The van der Waals surface area contributed by atoms with Crippen molar-refractivity contribution in [1.82, 2.24) is 4.90 Å². The highest BCUT2D eigenvalue weighted by Crippen LogP contribution is 2.33. The predicted octanol–water partition coefficient (Wildman–Crippen LogP) is 5.39. The molecule has 0 saturated heterocycles. The second-order valence-corrected chi connectivity index (χ2v) is 8.03. The minimum atomic E-state index is -0.423. The van der Waals surface area contributed by atoms with Gasteiger partial charge < -0.3 is 4.74 Å². The molecule has 0 saturated carbocycles. The number of nitrogens with one attached hydrogen (secondary N) is 1. The lowest BCUT2D eigenvalue weighted by atomic mass is 10.1. The molecule has 0 aromatic heterocycles. The molecular weight excluding hydrogens is 406 g/mol. The van der Waals surface area contributed by atoms with E-state index in [2.05, 4.69) is 11.1 Å². The summed E-state index contributed by atoms with van der Waals surface area (Å²) in [4.78, 5) is 18.1. The van der Waals surface area contributed by atoms with Gasteiger partial charge in [0.2, 0.25) is 0 Å². The molecule has 7 heteroatoms. The Balaban J connectivity index is 1.54. The molecule has 5 nitrogen and oxygen atoms in total. The molecule has 0 bridgehead atoms. The number of halogens is 1. The van der Waals surface area contributed by atoms with Crippen LogP contribution in [0.3, 0.4) is 0 Å². The number of hydrogen-bond acceptors (Lipinski definition) is 4. The number of thioether (sulfide) groups is 1. The first kappa shape index (κ1) is 19.5. The minimum absolute atomic E-state index is 0.120. The Morgan fingerprint density at radius 1 is 1.24 bits per heavy atom. The molecule has 1 amide bonds. The normalized spacial score (nSPS) is 17.3. The number of amides is 1. The van der Waals surface area contributed by atoms with E-state index in [1.165, 1.54) is 17.3 Å². The molecule has 0 atom stereocenters. The third-order valence-electron chi connectivity index (χ3n) is 4.53. The van der Waals surface area contributed by atoms with Gasteiger partial charge in [-0.3, -0.25) is 15.1 Å². The van der Waals surface area contributed by atoms with Crippen LogP contribution in [0, 0.1) is 12.3 Å². The number of allylic oxidation sites excluding steroid dienone is 1. The molecule has 4 rings (SSSR count). The molecule has 2 aliphatic rings. The Kier molecular flexibility index (Phi) is 5.30. The minimum Gasteiger partial charge on any atom is -0.487 e. The third-order valence-corrected chi connectivity index (χ3v) is 5.77. The molecule has 2 aromatic carbocycles. The van der Waals surface area contributed by atoms with Crippen molar-refractivity contribution in [1.29, 1.82) is 5.41 Å². The summed E-state index contributed by atoms with van der Waals surface area (Å²) in [5, 5.41) is 11.2. The van der Waals surface area contributed by atoms with Crippen LogP contribution in [0.25, 0.3) is 6.08 Å². The fraction of sp³-hybridized carbons (Fsp3) is 0.136. The van der Waals surface area contributed by atoms with Crippen molar-refractivity contribution < 1.29 is 9.53 Å². The first-order valence-electron chi connectivity index (χ1n) is 8.97. The molecule has 1 N–H and O–H groups in total. The van der Waals surface area contributed by atoms with Gasteiger partial charge in [-0.2, -0.15) is 4.99 Å². The maximum absolute atomic E-state index is 12.4. The molecule has 146 valence electrons. The molecule has 0 unspecified atom stereocenters. The fourth-order valence-corrected chi connectivity index (χ4v) is 4.20. The standard InChI is InChI=1S/C22H18ClN3O2S/c1-13-4-3-5-16(8-13)11-28-19-7-6-15(10-18(19)23)9-17-20(24)26-14(2)12-29-22(26)25-21(17)27/h3-10,12,24H,11H2,1-2H3. The first-order valence-corrected chi connectivity index (χ1v) is 10.2. The van der Waals surface area contributed by atoms with Crippen molar-refractivity contribution in [2.24, 2.45) is 4.99 Å². The van der Waals surface area contributed by atoms with Crippen molar-refractivity contribution >= 4 is 46.3 Å². The largest absolute Gasteiger partial charge is 0.487 e. The van der Waals surface area contributed by atoms with E-state index >= 15 is 0 Å². The van der Waals surface area contributed by atoms with Crippen LogP contribution < -0.4 is 4.74 Å². The van der Waals surface area contributed by atoms with E-state index in [9.17, 15) is 4.79 Å². The third kappa shape index (κ3) is 3.99. The average molecular weight is 424 g/mol. The SMILES string of the molecule is CC1=CSC2=NC(=O)C(=Cc3ccc(OCc4cccc(C)c4)c(Cl)c3)C(=N)N12. The van der Waals surface area contributed by atoms with Gasteiger partial charge in [0.1, 0.15) is 18.2 Å². The van der Waals surface area contributed by atoms with Gasteiger partial charge in [0.25, 0.3) is 5.91 Å². The Bertz CT molecular complexity index is 1120. The van der Waals surface area contributed by atoms with E-state index in [0.717, 1.165) is 11.3 Å². The highest BCUT2D eigenvalue weighted by atomic mass is 35.5. The number of benzene rings is 2. The fourth-order valence-electron chi connectivity index (χ4n) is 3.10. The van der Waals surface area contributed by atoms with Gasteiger partial charge in [-0.05, 0) is 48.6 Å². The topological polar surface area (TPSA) is 65.8 Å². The molecule has 0 radical (unpaired) electrons. The smallest absolute Gasteiger partial charge is 0.283 e. The van der Waals surface area contributed by atoms with E-state index in [1.807, 2.05) is 43.5 Å². The second-order valence-electron chi connectivity index (χ2n) is 6.79. The van der Waals surface area contributed by atoms with E-state index in [-0.39, 0.29) is 11.4 Å². The van der Waals surface area contributed by atoms with E-state index < -0.39 is 5.91 Å². The molecule has 2 aromatic rings. The number of nitrogens with zero attached hydrogens (tertiary/aromatic N) is 2. The van der Waals surface area contributed by atoms with Crippen molar-refractivity contribution in [2.75, 3.05) is 0 Å². The van der Waals surface area contributed by atoms with Gasteiger partial charge in [-0.25, -0.2) is 0 Å². The Labute approximate surface area is 178 Å². The van der Waals surface area contributed by atoms with Gasteiger partial charge >= 0.3 is 0 Å². The summed E-state index contributed by atoms with van der Waals surface area (Å²) in [6.07, 6.45) is 1.64. The summed E-state index contributed by atoms with van der Waals surface area (Å²) < 4.78 is 5.83. The molecule has 0 fully saturated rings. The van der Waals surface area contributed by atoms with Crippen LogP contribution in [0.2, 0.25) is 5.02 Å². The van der Waals surface area contributed by atoms with E-state index in [1.54, 1.807) is 23.1 Å². The van der Waals surface area contributed by atoms with Crippen molar-refractivity contribution in [3.8, 4) is 5.75 Å². The van der Waals surface area contributed by atoms with Gasteiger partial charge in [0.05, 0.1) is 10.6 Å². The first-order chi connectivity index (χ1) is 13.9. The van der Waals surface area contributed by atoms with Gasteiger partial charge in [-0.1, -0.05) is 59.3 Å². The number of rotatable bonds is 4. The highest BCUT2D eigenvalue weighted by Gasteiger charge is 2.33.